The quantitative estimate of drug-likeness (QED) is 0.339. The van der Waals surface area contributed by atoms with Crippen LogP contribution < -0.4 is 9.62 Å². The Kier molecular flexibility index (Phi) is 9.86. The zero-order chi connectivity index (χ0) is 29.7. The number of sulfonamides is 1. The fraction of sp³-hybridized carbons (Fsp3) is 0.286. The second-order valence-electron chi connectivity index (χ2n) is 9.06. The fourth-order valence-corrected chi connectivity index (χ4v) is 5.57. The molecule has 1 atom stereocenters. The van der Waals surface area contributed by atoms with E-state index in [0.29, 0.717) is 22.5 Å². The molecular weight excluding hydrogens is 567 g/mol. The van der Waals surface area contributed by atoms with Crippen LogP contribution in [0.3, 0.4) is 0 Å². The highest BCUT2D eigenvalue weighted by atomic mass is 35.5. The Morgan fingerprint density at radius 2 is 1.62 bits per heavy atom. The summed E-state index contributed by atoms with van der Waals surface area (Å²) in [6.45, 7) is 4.35. The molecule has 3 aromatic carbocycles. The molecule has 2 amide bonds. The topological polar surface area (TPSA) is 86.8 Å². The lowest BCUT2D eigenvalue weighted by Gasteiger charge is -2.32. The van der Waals surface area contributed by atoms with Crippen molar-refractivity contribution >= 4 is 39.1 Å². The predicted molar refractivity (Wildman–Crippen MR) is 147 cm³/mol. The Hall–Kier alpha value is -3.57. The van der Waals surface area contributed by atoms with Gasteiger partial charge in [-0.05, 0) is 56.7 Å². The largest absolute Gasteiger partial charge is 0.417 e. The molecule has 0 fully saturated rings. The van der Waals surface area contributed by atoms with E-state index in [0.717, 1.165) is 17.7 Å². The first-order valence-electron chi connectivity index (χ1n) is 12.3. The van der Waals surface area contributed by atoms with Crippen molar-refractivity contribution in [1.29, 1.82) is 0 Å². The number of nitrogens with one attached hydrogen (secondary N) is 1. The van der Waals surface area contributed by atoms with Gasteiger partial charge in [-0.25, -0.2) is 8.42 Å². The lowest BCUT2D eigenvalue weighted by atomic mass is 10.1. The van der Waals surface area contributed by atoms with Crippen LogP contribution in [-0.4, -0.2) is 44.3 Å². The molecule has 0 saturated heterocycles. The van der Waals surface area contributed by atoms with E-state index < -0.39 is 56.9 Å². The summed E-state index contributed by atoms with van der Waals surface area (Å²) >= 11 is 5.78. The van der Waals surface area contributed by atoms with E-state index in [1.54, 1.807) is 44.2 Å². The molecule has 214 valence electrons. The molecular formula is C28H29ClF3N3O4S. The van der Waals surface area contributed by atoms with Gasteiger partial charge in [0.05, 0.1) is 21.2 Å². The molecule has 1 N–H and O–H groups in total. The van der Waals surface area contributed by atoms with Crippen LogP contribution in [-0.2, 0) is 32.3 Å². The Morgan fingerprint density at radius 1 is 1.00 bits per heavy atom. The second kappa shape index (κ2) is 12.7. The number of aryl methyl sites for hydroxylation is 1. The molecule has 0 spiro atoms. The highest BCUT2D eigenvalue weighted by Crippen LogP contribution is 2.38. The normalized spacial score (nSPS) is 12.5. The van der Waals surface area contributed by atoms with Gasteiger partial charge in [-0.1, -0.05) is 59.6 Å². The van der Waals surface area contributed by atoms with Crippen molar-refractivity contribution in [3.8, 4) is 0 Å². The molecule has 0 aromatic heterocycles. The molecule has 0 aliphatic carbocycles. The van der Waals surface area contributed by atoms with Crippen LogP contribution >= 0.6 is 11.6 Å². The molecule has 12 heteroatoms. The smallest absolute Gasteiger partial charge is 0.355 e. The van der Waals surface area contributed by atoms with Crippen LogP contribution in [0.15, 0.2) is 77.7 Å². The second-order valence-corrected chi connectivity index (χ2v) is 11.3. The van der Waals surface area contributed by atoms with E-state index in [-0.39, 0.29) is 11.4 Å². The van der Waals surface area contributed by atoms with Crippen LogP contribution in [0.4, 0.5) is 18.9 Å². The summed E-state index contributed by atoms with van der Waals surface area (Å²) < 4.78 is 69.2. The van der Waals surface area contributed by atoms with Crippen LogP contribution in [0.5, 0.6) is 0 Å². The maximum Gasteiger partial charge on any atom is 0.417 e. The number of benzene rings is 3. The van der Waals surface area contributed by atoms with Gasteiger partial charge in [0.2, 0.25) is 11.8 Å². The van der Waals surface area contributed by atoms with Crippen molar-refractivity contribution < 1.29 is 31.2 Å². The molecule has 40 heavy (non-hydrogen) atoms. The summed E-state index contributed by atoms with van der Waals surface area (Å²) in [6, 6.07) is 16.0. The molecule has 3 aromatic rings. The average molecular weight is 596 g/mol. The van der Waals surface area contributed by atoms with Gasteiger partial charge in [0.25, 0.3) is 10.0 Å². The van der Waals surface area contributed by atoms with Gasteiger partial charge in [-0.2, -0.15) is 13.2 Å². The first-order chi connectivity index (χ1) is 18.8. The Balaban J connectivity index is 2.11. The molecule has 0 bridgehead atoms. The summed E-state index contributed by atoms with van der Waals surface area (Å²) in [4.78, 5) is 27.4. The van der Waals surface area contributed by atoms with Crippen molar-refractivity contribution in [2.24, 2.45) is 0 Å². The minimum Gasteiger partial charge on any atom is -0.355 e. The summed E-state index contributed by atoms with van der Waals surface area (Å²) in [7, 11) is -4.53. The molecule has 0 heterocycles. The number of carbonyl (C=O) groups is 2. The number of rotatable bonds is 10. The van der Waals surface area contributed by atoms with Gasteiger partial charge >= 0.3 is 6.18 Å². The van der Waals surface area contributed by atoms with E-state index in [4.69, 9.17) is 11.6 Å². The van der Waals surface area contributed by atoms with E-state index in [1.165, 1.54) is 36.1 Å². The minimum absolute atomic E-state index is 0.0369. The molecule has 0 aliphatic rings. The number of nitrogens with zero attached hydrogens (tertiary/aromatic N) is 2. The summed E-state index contributed by atoms with van der Waals surface area (Å²) in [5.74, 6) is -1.26. The highest BCUT2D eigenvalue weighted by Gasteiger charge is 2.36. The van der Waals surface area contributed by atoms with Crippen molar-refractivity contribution in [2.75, 3.05) is 17.4 Å². The number of likely N-dealkylation sites (N-methyl/N-ethyl adjacent to an activating group) is 1. The van der Waals surface area contributed by atoms with Crippen molar-refractivity contribution in [3.63, 3.8) is 0 Å². The van der Waals surface area contributed by atoms with E-state index in [2.05, 4.69) is 5.32 Å². The van der Waals surface area contributed by atoms with Gasteiger partial charge in [-0.3, -0.25) is 13.9 Å². The third kappa shape index (κ3) is 7.33. The van der Waals surface area contributed by atoms with Gasteiger partial charge in [0.15, 0.2) is 0 Å². The lowest BCUT2D eigenvalue weighted by Crippen LogP contribution is -2.51. The molecule has 0 saturated carbocycles. The maximum absolute atomic E-state index is 13.8. The number of amides is 2. The Bertz CT molecular complexity index is 1450. The van der Waals surface area contributed by atoms with Gasteiger partial charge in [0.1, 0.15) is 12.6 Å². The first-order valence-corrected chi connectivity index (χ1v) is 14.1. The van der Waals surface area contributed by atoms with E-state index in [1.807, 2.05) is 0 Å². The molecule has 3 rings (SSSR count). The Labute approximate surface area is 236 Å². The van der Waals surface area contributed by atoms with Crippen molar-refractivity contribution in [1.82, 2.24) is 10.2 Å². The zero-order valence-electron chi connectivity index (χ0n) is 22.1. The summed E-state index contributed by atoms with van der Waals surface area (Å²) in [5, 5.41) is 2.02. The number of hydrogen-bond donors (Lipinski definition) is 1. The maximum atomic E-state index is 13.8. The average Bonchev–Trinajstić information content (AvgIpc) is 2.90. The van der Waals surface area contributed by atoms with E-state index >= 15 is 0 Å². The molecule has 0 unspecified atom stereocenters. The fourth-order valence-electron chi connectivity index (χ4n) is 3.94. The number of hydrogen-bond acceptors (Lipinski definition) is 4. The zero-order valence-corrected chi connectivity index (χ0v) is 23.6. The van der Waals surface area contributed by atoms with Crippen molar-refractivity contribution in [2.45, 2.75) is 44.4 Å². The molecule has 7 nitrogen and oxygen atoms in total. The van der Waals surface area contributed by atoms with Crippen LogP contribution in [0, 0.1) is 6.92 Å². The van der Waals surface area contributed by atoms with Crippen LogP contribution in [0.1, 0.15) is 30.5 Å². The van der Waals surface area contributed by atoms with Crippen LogP contribution in [0.25, 0.3) is 0 Å². The summed E-state index contributed by atoms with van der Waals surface area (Å²) in [6.07, 6.45) is -4.87. The standard InChI is InChI=1S/C28H29ClF3N3O4S/c1-4-33-27(37)20(3)34(17-21-8-6-5-7-9-21)26(36)18-35(40(38,39)23-13-10-19(2)11-14-23)22-12-15-25(29)24(16-22)28(30,31)32/h5-16,20H,4,17-18H2,1-3H3,(H,33,37)/t20-/m0/s1. The Morgan fingerprint density at radius 3 is 2.20 bits per heavy atom. The lowest BCUT2D eigenvalue weighted by molar-refractivity contribution is -0.139. The number of halogens is 4. The minimum atomic E-state index is -4.87. The predicted octanol–water partition coefficient (Wildman–Crippen LogP) is 5.42. The number of anilines is 1. The molecule has 0 aliphatic heterocycles. The van der Waals surface area contributed by atoms with Gasteiger partial charge in [0, 0.05) is 13.1 Å². The van der Waals surface area contributed by atoms with Crippen molar-refractivity contribution in [3.05, 3.63) is 94.5 Å². The third-order valence-corrected chi connectivity index (χ3v) is 8.26. The van der Waals surface area contributed by atoms with Gasteiger partial charge in [-0.15, -0.1) is 0 Å². The third-order valence-electron chi connectivity index (χ3n) is 6.15. The molecule has 0 radical (unpaired) electrons. The summed E-state index contributed by atoms with van der Waals surface area (Å²) in [5.41, 5.74) is -0.223. The van der Waals surface area contributed by atoms with E-state index in [9.17, 15) is 31.2 Å². The van der Waals surface area contributed by atoms with Gasteiger partial charge < -0.3 is 10.2 Å². The monoisotopic (exact) mass is 595 g/mol. The SMILES string of the molecule is CCNC(=O)[C@H](C)N(Cc1ccccc1)C(=O)CN(c1ccc(Cl)c(C(F)(F)F)c1)S(=O)(=O)c1ccc(C)cc1. The number of carbonyl (C=O) groups excluding carboxylic acids is 2. The highest BCUT2D eigenvalue weighted by molar-refractivity contribution is 7.92. The first kappa shape index (κ1) is 31.0. The number of alkyl halides is 3. The van der Waals surface area contributed by atoms with Crippen LogP contribution in [0.2, 0.25) is 5.02 Å².